The van der Waals surface area contributed by atoms with Crippen molar-refractivity contribution >= 4 is 22.7 Å². The summed E-state index contributed by atoms with van der Waals surface area (Å²) in [5, 5.41) is 12.3. The summed E-state index contributed by atoms with van der Waals surface area (Å²) in [6.45, 7) is 4.96. The molecule has 0 bridgehead atoms. The lowest BCUT2D eigenvalue weighted by molar-refractivity contribution is 1.18. The van der Waals surface area contributed by atoms with E-state index < -0.39 is 0 Å². The van der Waals surface area contributed by atoms with E-state index in [9.17, 15) is 0 Å². The van der Waals surface area contributed by atoms with Gasteiger partial charge in [0.1, 0.15) is 6.07 Å². The lowest BCUT2D eigenvalue weighted by Gasteiger charge is -2.07. The van der Waals surface area contributed by atoms with Crippen LogP contribution in [0.5, 0.6) is 0 Å². The number of hydrogen-bond acceptors (Lipinski definition) is 4. The van der Waals surface area contributed by atoms with Gasteiger partial charge in [0.05, 0.1) is 11.3 Å². The van der Waals surface area contributed by atoms with Crippen molar-refractivity contribution in [2.75, 3.05) is 11.1 Å². The summed E-state index contributed by atoms with van der Waals surface area (Å²) in [5.74, 6) is 0. The number of aryl methyl sites for hydroxylation is 2. The van der Waals surface area contributed by atoms with Crippen LogP contribution in [0.3, 0.4) is 0 Å². The van der Waals surface area contributed by atoms with Crippen LogP contribution in [0.4, 0.5) is 11.4 Å². The standard InChI is InChI=1S/C14H15N3S/c1-9-5-13(18-10(9)2)8-17-14-4-3-12(16)6-11(14)7-15/h3-6,17H,8,16H2,1-2H3. The topological polar surface area (TPSA) is 61.8 Å². The summed E-state index contributed by atoms with van der Waals surface area (Å²) in [5.41, 5.74) is 8.99. The number of nitriles is 1. The predicted molar refractivity (Wildman–Crippen MR) is 76.7 cm³/mol. The van der Waals surface area contributed by atoms with Gasteiger partial charge in [-0.25, -0.2) is 0 Å². The number of nitrogens with one attached hydrogen (secondary N) is 1. The van der Waals surface area contributed by atoms with Gasteiger partial charge >= 0.3 is 0 Å². The van der Waals surface area contributed by atoms with E-state index in [1.165, 1.54) is 15.3 Å². The first-order valence-electron chi connectivity index (χ1n) is 5.69. The van der Waals surface area contributed by atoms with Crippen LogP contribution in [0, 0.1) is 25.2 Å². The van der Waals surface area contributed by atoms with Crippen molar-refractivity contribution in [1.29, 1.82) is 5.26 Å². The Bertz CT molecular complexity index is 588. The van der Waals surface area contributed by atoms with Crippen LogP contribution in [0.2, 0.25) is 0 Å². The second-order valence-corrected chi connectivity index (χ2v) is 5.56. The molecule has 92 valence electrons. The number of thiophene rings is 1. The van der Waals surface area contributed by atoms with E-state index in [2.05, 4.69) is 31.3 Å². The molecule has 0 unspecified atom stereocenters. The van der Waals surface area contributed by atoms with Gasteiger partial charge in [0.25, 0.3) is 0 Å². The second kappa shape index (κ2) is 5.11. The summed E-state index contributed by atoms with van der Waals surface area (Å²) in [6, 6.07) is 9.66. The fourth-order valence-electron chi connectivity index (χ4n) is 1.73. The highest BCUT2D eigenvalue weighted by Gasteiger charge is 2.04. The molecule has 3 N–H and O–H groups in total. The molecular formula is C14H15N3S. The first-order valence-corrected chi connectivity index (χ1v) is 6.51. The Morgan fingerprint density at radius 2 is 2.11 bits per heavy atom. The Labute approximate surface area is 111 Å². The van der Waals surface area contributed by atoms with Crippen LogP contribution in [-0.4, -0.2) is 0 Å². The minimum absolute atomic E-state index is 0.583. The number of benzene rings is 1. The monoisotopic (exact) mass is 257 g/mol. The zero-order valence-corrected chi connectivity index (χ0v) is 11.3. The van der Waals surface area contributed by atoms with Crippen LogP contribution in [0.1, 0.15) is 20.9 Å². The first-order chi connectivity index (χ1) is 8.60. The highest BCUT2D eigenvalue weighted by atomic mass is 32.1. The molecule has 0 aliphatic heterocycles. The van der Waals surface area contributed by atoms with Gasteiger partial charge in [-0.3, -0.25) is 0 Å². The zero-order valence-electron chi connectivity index (χ0n) is 10.4. The van der Waals surface area contributed by atoms with Gasteiger partial charge in [-0.2, -0.15) is 5.26 Å². The third-order valence-electron chi connectivity index (χ3n) is 2.83. The summed E-state index contributed by atoms with van der Waals surface area (Å²) < 4.78 is 0. The number of rotatable bonds is 3. The summed E-state index contributed by atoms with van der Waals surface area (Å²) in [6.07, 6.45) is 0. The normalized spacial score (nSPS) is 10.1. The number of nitrogen functional groups attached to an aromatic ring is 1. The van der Waals surface area contributed by atoms with Crippen LogP contribution in [-0.2, 0) is 6.54 Å². The Kier molecular flexibility index (Phi) is 3.54. The number of nitrogens with two attached hydrogens (primary N) is 1. The maximum absolute atomic E-state index is 9.05. The molecule has 2 rings (SSSR count). The fourth-order valence-corrected chi connectivity index (χ4v) is 2.72. The zero-order chi connectivity index (χ0) is 13.1. The van der Waals surface area contributed by atoms with Gasteiger partial charge in [-0.1, -0.05) is 0 Å². The van der Waals surface area contributed by atoms with E-state index in [-0.39, 0.29) is 0 Å². The van der Waals surface area contributed by atoms with Gasteiger partial charge in [0.2, 0.25) is 0 Å². The summed E-state index contributed by atoms with van der Waals surface area (Å²) in [4.78, 5) is 2.61. The van der Waals surface area contributed by atoms with E-state index in [4.69, 9.17) is 11.0 Å². The average Bonchev–Trinajstić information content (AvgIpc) is 2.67. The smallest absolute Gasteiger partial charge is 0.101 e. The molecular weight excluding hydrogens is 242 g/mol. The third kappa shape index (κ3) is 2.63. The summed E-state index contributed by atoms with van der Waals surface area (Å²) in [7, 11) is 0. The number of anilines is 2. The van der Waals surface area contributed by atoms with Gasteiger partial charge in [0.15, 0.2) is 0 Å². The molecule has 0 aliphatic carbocycles. The van der Waals surface area contributed by atoms with Crippen molar-refractivity contribution in [3.05, 3.63) is 45.1 Å². The fraction of sp³-hybridized carbons (Fsp3) is 0.214. The Balaban J connectivity index is 2.13. The van der Waals surface area contributed by atoms with E-state index in [0.717, 1.165) is 12.2 Å². The maximum atomic E-state index is 9.05. The third-order valence-corrected chi connectivity index (χ3v) is 3.99. The molecule has 0 saturated carbocycles. The van der Waals surface area contributed by atoms with Crippen molar-refractivity contribution in [2.45, 2.75) is 20.4 Å². The molecule has 1 aromatic heterocycles. The largest absolute Gasteiger partial charge is 0.399 e. The quantitative estimate of drug-likeness (QED) is 0.828. The number of hydrogen-bond donors (Lipinski definition) is 2. The SMILES string of the molecule is Cc1cc(CNc2ccc(N)cc2C#N)sc1C. The van der Waals surface area contributed by atoms with Crippen molar-refractivity contribution in [1.82, 2.24) is 0 Å². The van der Waals surface area contributed by atoms with E-state index >= 15 is 0 Å². The van der Waals surface area contributed by atoms with Crippen LogP contribution in [0.25, 0.3) is 0 Å². The van der Waals surface area contributed by atoms with Gasteiger partial charge < -0.3 is 11.1 Å². The Morgan fingerprint density at radius 1 is 1.33 bits per heavy atom. The highest BCUT2D eigenvalue weighted by molar-refractivity contribution is 7.12. The molecule has 0 atom stereocenters. The lowest BCUT2D eigenvalue weighted by atomic mass is 10.1. The highest BCUT2D eigenvalue weighted by Crippen LogP contribution is 2.23. The molecule has 1 aromatic carbocycles. The first kappa shape index (κ1) is 12.5. The van der Waals surface area contributed by atoms with Gasteiger partial charge in [-0.15, -0.1) is 11.3 Å². The van der Waals surface area contributed by atoms with Crippen LogP contribution < -0.4 is 11.1 Å². The Hall–Kier alpha value is -1.99. The predicted octanol–water partition coefficient (Wildman–Crippen LogP) is 3.43. The minimum atomic E-state index is 0.583. The van der Waals surface area contributed by atoms with Crippen molar-refractivity contribution in [2.24, 2.45) is 0 Å². The molecule has 1 heterocycles. The maximum Gasteiger partial charge on any atom is 0.101 e. The molecule has 0 fully saturated rings. The molecule has 18 heavy (non-hydrogen) atoms. The molecule has 3 nitrogen and oxygen atoms in total. The molecule has 0 aliphatic rings. The number of nitrogens with zero attached hydrogens (tertiary/aromatic N) is 1. The second-order valence-electron chi connectivity index (χ2n) is 4.22. The van der Waals surface area contributed by atoms with Gasteiger partial charge in [-0.05, 0) is 43.7 Å². The average molecular weight is 257 g/mol. The van der Waals surface area contributed by atoms with E-state index in [0.29, 0.717) is 11.3 Å². The molecule has 2 aromatic rings. The van der Waals surface area contributed by atoms with E-state index in [1.54, 1.807) is 23.5 Å². The van der Waals surface area contributed by atoms with Crippen molar-refractivity contribution in [3.8, 4) is 6.07 Å². The summed E-state index contributed by atoms with van der Waals surface area (Å²) >= 11 is 1.78. The minimum Gasteiger partial charge on any atom is -0.399 e. The molecule has 0 amide bonds. The van der Waals surface area contributed by atoms with Crippen LogP contribution >= 0.6 is 11.3 Å². The Morgan fingerprint density at radius 3 is 2.72 bits per heavy atom. The lowest BCUT2D eigenvalue weighted by Crippen LogP contribution is -2.00. The van der Waals surface area contributed by atoms with Gasteiger partial charge in [0, 0.05) is 22.0 Å². The van der Waals surface area contributed by atoms with Crippen molar-refractivity contribution < 1.29 is 0 Å². The molecule has 0 radical (unpaired) electrons. The molecule has 0 saturated heterocycles. The van der Waals surface area contributed by atoms with Crippen molar-refractivity contribution in [3.63, 3.8) is 0 Å². The molecule has 0 spiro atoms. The molecule has 4 heteroatoms. The van der Waals surface area contributed by atoms with Crippen LogP contribution in [0.15, 0.2) is 24.3 Å². The van der Waals surface area contributed by atoms with E-state index in [1.807, 2.05) is 6.07 Å².